The average molecular weight is 416 g/mol. The molecule has 0 aliphatic rings. The molecule has 3 aromatic carbocycles. The lowest BCUT2D eigenvalue weighted by molar-refractivity contribution is -0.112. The minimum absolute atomic E-state index is 0.0768. The van der Waals surface area contributed by atoms with Crippen LogP contribution >= 0.6 is 0 Å². The highest BCUT2D eigenvalue weighted by atomic mass is 19.1. The van der Waals surface area contributed by atoms with Crippen molar-refractivity contribution in [1.29, 1.82) is 5.26 Å². The third-order valence-electron chi connectivity index (χ3n) is 4.53. The van der Waals surface area contributed by atoms with Crippen molar-refractivity contribution < 1.29 is 19.0 Å². The fraction of sp³-hybridized carbons (Fsp3) is 0.120. The molecular formula is C25H21FN2O3. The molecule has 2 N–H and O–H groups in total. The summed E-state index contributed by atoms with van der Waals surface area (Å²) in [6.07, 6.45) is 1.82. The lowest BCUT2D eigenvalue weighted by atomic mass is 10.0. The summed E-state index contributed by atoms with van der Waals surface area (Å²) in [5, 5.41) is 21.4. The van der Waals surface area contributed by atoms with Gasteiger partial charge in [-0.3, -0.25) is 4.79 Å². The molecule has 1 amide bonds. The van der Waals surface area contributed by atoms with Gasteiger partial charge in [0.25, 0.3) is 5.91 Å². The first-order chi connectivity index (χ1) is 15.0. The van der Waals surface area contributed by atoms with E-state index in [0.29, 0.717) is 35.6 Å². The van der Waals surface area contributed by atoms with Gasteiger partial charge in [0, 0.05) is 12.1 Å². The fourth-order valence-electron chi connectivity index (χ4n) is 3.00. The molecule has 3 rings (SSSR count). The second-order valence-electron chi connectivity index (χ2n) is 6.74. The number of nitriles is 1. The summed E-state index contributed by atoms with van der Waals surface area (Å²) in [4.78, 5) is 12.5. The molecule has 0 bridgehead atoms. The number of phenolic OH excluding ortho intramolecular Hbond substituents is 1. The first kappa shape index (κ1) is 21.6. The van der Waals surface area contributed by atoms with Crippen LogP contribution in [0, 0.1) is 17.1 Å². The third kappa shape index (κ3) is 5.71. The number of amides is 1. The summed E-state index contributed by atoms with van der Waals surface area (Å²) in [6.45, 7) is 2.27. The Morgan fingerprint density at radius 3 is 2.55 bits per heavy atom. The van der Waals surface area contributed by atoms with Crippen LogP contribution in [0.4, 0.5) is 10.1 Å². The van der Waals surface area contributed by atoms with Crippen molar-refractivity contribution in [3.8, 4) is 17.6 Å². The molecule has 3 aromatic rings. The number of carbonyl (C=O) groups is 1. The van der Waals surface area contributed by atoms with E-state index < -0.39 is 5.91 Å². The Bertz CT molecular complexity index is 1150. The molecule has 0 saturated heterocycles. The van der Waals surface area contributed by atoms with Crippen LogP contribution in [0.2, 0.25) is 0 Å². The first-order valence-corrected chi connectivity index (χ1v) is 9.71. The van der Waals surface area contributed by atoms with Crippen LogP contribution < -0.4 is 10.1 Å². The highest BCUT2D eigenvalue weighted by molar-refractivity contribution is 6.09. The zero-order valence-corrected chi connectivity index (χ0v) is 16.9. The number of hydrogen-bond acceptors (Lipinski definition) is 4. The largest absolute Gasteiger partial charge is 0.508 e. The summed E-state index contributed by atoms with van der Waals surface area (Å²) in [6, 6.07) is 19.7. The molecule has 0 heterocycles. The molecular weight excluding hydrogens is 395 g/mol. The van der Waals surface area contributed by atoms with E-state index in [0.717, 1.165) is 5.56 Å². The van der Waals surface area contributed by atoms with Crippen LogP contribution in [0.1, 0.15) is 23.6 Å². The number of carbonyl (C=O) groups excluding carboxylic acids is 1. The van der Waals surface area contributed by atoms with Crippen molar-refractivity contribution in [3.63, 3.8) is 0 Å². The van der Waals surface area contributed by atoms with Gasteiger partial charge in [-0.15, -0.1) is 0 Å². The second-order valence-corrected chi connectivity index (χ2v) is 6.74. The number of aromatic hydroxyl groups is 1. The Morgan fingerprint density at radius 1 is 1.13 bits per heavy atom. The molecule has 0 saturated carbocycles. The van der Waals surface area contributed by atoms with Crippen LogP contribution in [0.5, 0.6) is 11.5 Å². The lowest BCUT2D eigenvalue weighted by Gasteiger charge is -2.12. The maximum atomic E-state index is 14.0. The van der Waals surface area contributed by atoms with Gasteiger partial charge < -0.3 is 15.2 Å². The molecule has 0 spiro atoms. The molecule has 0 radical (unpaired) electrons. The van der Waals surface area contributed by atoms with Crippen molar-refractivity contribution in [2.45, 2.75) is 13.3 Å². The number of rotatable bonds is 7. The zero-order valence-electron chi connectivity index (χ0n) is 16.9. The van der Waals surface area contributed by atoms with Crippen molar-refractivity contribution in [2.75, 3.05) is 11.9 Å². The average Bonchev–Trinajstić information content (AvgIpc) is 2.77. The Morgan fingerprint density at radius 2 is 1.87 bits per heavy atom. The second kappa shape index (κ2) is 10.1. The van der Waals surface area contributed by atoms with E-state index in [-0.39, 0.29) is 17.1 Å². The summed E-state index contributed by atoms with van der Waals surface area (Å²) >= 11 is 0. The molecule has 0 atom stereocenters. The van der Waals surface area contributed by atoms with Crippen LogP contribution in [0.25, 0.3) is 6.08 Å². The Kier molecular flexibility index (Phi) is 7.02. The fourth-order valence-corrected chi connectivity index (χ4v) is 3.00. The number of ether oxygens (including phenoxy) is 1. The predicted molar refractivity (Wildman–Crippen MR) is 117 cm³/mol. The number of nitrogens with zero attached hydrogens (tertiary/aromatic N) is 1. The number of benzene rings is 3. The minimum Gasteiger partial charge on any atom is -0.508 e. The summed E-state index contributed by atoms with van der Waals surface area (Å²) in [7, 11) is 0. The SMILES string of the molecule is CCOc1cc(/C=C(\C#N)C(=O)Nc2ccc(O)cc2)ccc1Cc1ccccc1F. The van der Waals surface area contributed by atoms with E-state index in [1.807, 2.05) is 13.0 Å². The Hall–Kier alpha value is -4.11. The van der Waals surface area contributed by atoms with Gasteiger partial charge in [0.05, 0.1) is 6.61 Å². The third-order valence-corrected chi connectivity index (χ3v) is 4.53. The quantitative estimate of drug-likeness (QED) is 0.320. The maximum Gasteiger partial charge on any atom is 0.266 e. The van der Waals surface area contributed by atoms with E-state index in [1.165, 1.54) is 36.4 Å². The highest BCUT2D eigenvalue weighted by Gasteiger charge is 2.12. The molecule has 0 aliphatic heterocycles. The molecule has 0 aliphatic carbocycles. The smallest absolute Gasteiger partial charge is 0.266 e. The standard InChI is InChI=1S/C25H21FN2O3/c1-2-31-24-14-17(7-8-19(24)15-18-5-3-4-6-23(18)26)13-20(16-27)25(30)28-21-9-11-22(29)12-10-21/h3-14,29H,2,15H2,1H3,(H,28,30)/b20-13+. The van der Waals surface area contributed by atoms with Crippen molar-refractivity contribution in [2.24, 2.45) is 0 Å². The zero-order chi connectivity index (χ0) is 22.2. The van der Waals surface area contributed by atoms with Crippen molar-refractivity contribution in [3.05, 3.63) is 94.8 Å². The maximum absolute atomic E-state index is 14.0. The molecule has 0 fully saturated rings. The Labute approximate surface area is 180 Å². The number of hydrogen-bond donors (Lipinski definition) is 2. The van der Waals surface area contributed by atoms with Crippen LogP contribution in [-0.4, -0.2) is 17.6 Å². The van der Waals surface area contributed by atoms with Crippen LogP contribution in [0.15, 0.2) is 72.3 Å². The Balaban J connectivity index is 1.85. The predicted octanol–water partition coefficient (Wildman–Crippen LogP) is 5.07. The van der Waals surface area contributed by atoms with Gasteiger partial charge in [0.1, 0.15) is 29.0 Å². The normalized spacial score (nSPS) is 10.9. The summed E-state index contributed by atoms with van der Waals surface area (Å²) in [5.74, 6) is -0.211. The van der Waals surface area contributed by atoms with Crippen LogP contribution in [-0.2, 0) is 11.2 Å². The topological polar surface area (TPSA) is 82.3 Å². The molecule has 6 heteroatoms. The van der Waals surface area contributed by atoms with Gasteiger partial charge in [-0.1, -0.05) is 30.3 Å². The van der Waals surface area contributed by atoms with Gasteiger partial charge in [-0.25, -0.2) is 4.39 Å². The molecule has 156 valence electrons. The summed E-state index contributed by atoms with van der Waals surface area (Å²) in [5.41, 5.74) is 2.34. The van der Waals surface area contributed by atoms with Gasteiger partial charge in [-0.2, -0.15) is 5.26 Å². The number of halogens is 1. The molecule has 0 aromatic heterocycles. The first-order valence-electron chi connectivity index (χ1n) is 9.71. The molecule has 31 heavy (non-hydrogen) atoms. The van der Waals surface area contributed by atoms with E-state index in [4.69, 9.17) is 4.74 Å². The van der Waals surface area contributed by atoms with Gasteiger partial charge in [0.15, 0.2) is 0 Å². The summed E-state index contributed by atoms with van der Waals surface area (Å²) < 4.78 is 19.7. The van der Waals surface area contributed by atoms with E-state index in [2.05, 4.69) is 5.32 Å². The van der Waals surface area contributed by atoms with Crippen molar-refractivity contribution >= 4 is 17.7 Å². The molecule has 5 nitrogen and oxygen atoms in total. The van der Waals surface area contributed by atoms with Crippen LogP contribution in [0.3, 0.4) is 0 Å². The monoisotopic (exact) mass is 416 g/mol. The number of anilines is 1. The van der Waals surface area contributed by atoms with E-state index in [1.54, 1.807) is 36.4 Å². The van der Waals surface area contributed by atoms with Gasteiger partial charge in [0.2, 0.25) is 0 Å². The van der Waals surface area contributed by atoms with Gasteiger partial charge >= 0.3 is 0 Å². The number of phenols is 1. The van der Waals surface area contributed by atoms with E-state index in [9.17, 15) is 19.6 Å². The highest BCUT2D eigenvalue weighted by Crippen LogP contribution is 2.26. The number of nitrogens with one attached hydrogen (secondary N) is 1. The van der Waals surface area contributed by atoms with Crippen molar-refractivity contribution in [1.82, 2.24) is 0 Å². The van der Waals surface area contributed by atoms with Gasteiger partial charge in [-0.05, 0) is 66.1 Å². The minimum atomic E-state index is -0.568. The molecule has 0 unspecified atom stereocenters. The van der Waals surface area contributed by atoms with E-state index >= 15 is 0 Å². The lowest BCUT2D eigenvalue weighted by Crippen LogP contribution is -2.13.